The van der Waals surface area contributed by atoms with Crippen LogP contribution >= 0.6 is 67.8 Å². The van der Waals surface area contributed by atoms with Crippen molar-refractivity contribution in [2.24, 2.45) is 0 Å². The van der Waals surface area contributed by atoms with Crippen LogP contribution < -0.4 is 0 Å². The van der Waals surface area contributed by atoms with Gasteiger partial charge in [-0.1, -0.05) is 6.04 Å². The van der Waals surface area contributed by atoms with E-state index in [9.17, 15) is 4.79 Å². The predicted octanol–water partition coefficient (Wildman–Crippen LogP) is 2.83. The van der Waals surface area contributed by atoms with E-state index in [4.69, 9.17) is 4.74 Å². The van der Waals surface area contributed by atoms with Gasteiger partial charge in [-0.05, 0) is 86.3 Å². The van der Waals surface area contributed by atoms with Gasteiger partial charge in [0.2, 0.25) is 0 Å². The summed E-state index contributed by atoms with van der Waals surface area (Å²) in [6.07, 6.45) is 0.982. The van der Waals surface area contributed by atoms with Gasteiger partial charge in [0.15, 0.2) is 0 Å². The summed E-state index contributed by atoms with van der Waals surface area (Å²) in [6, 6.07) is 5.08. The maximum absolute atomic E-state index is 11.8. The summed E-state index contributed by atoms with van der Waals surface area (Å²) < 4.78 is 8.43. The lowest BCUT2D eigenvalue weighted by molar-refractivity contribution is 0.0504. The summed E-state index contributed by atoms with van der Waals surface area (Å²) in [5, 5.41) is 0. The molecule has 88 valence electrons. The molecule has 0 radical (unpaired) electrons. The van der Waals surface area contributed by atoms with Crippen LogP contribution in [-0.4, -0.2) is 22.8 Å². The van der Waals surface area contributed by atoms with Crippen LogP contribution in [0.4, 0.5) is 0 Å². The van der Waals surface area contributed by atoms with Crippen LogP contribution in [0.3, 0.4) is 0 Å². The van der Waals surface area contributed by atoms with Crippen LogP contribution in [0.15, 0.2) is 12.1 Å². The summed E-state index contributed by atoms with van der Waals surface area (Å²) in [5.74, 6) is -0.200. The summed E-state index contributed by atoms with van der Waals surface area (Å²) >= 11 is 6.67. The average molecular weight is 572 g/mol. The third-order valence-electron chi connectivity index (χ3n) is 1.96. The minimum Gasteiger partial charge on any atom is -0.462 e. The molecule has 0 spiro atoms. The number of halogens is 3. The van der Waals surface area contributed by atoms with Crippen molar-refractivity contribution in [3.05, 3.63) is 28.4 Å². The fraction of sp³-hybridized carbons (Fsp3) is 0.300. The van der Waals surface area contributed by atoms with E-state index in [1.807, 2.05) is 12.1 Å². The number of carbonyl (C=O) groups excluding carboxylic acids is 1. The number of ether oxygens (including phenoxy) is 1. The fourth-order valence-corrected chi connectivity index (χ4v) is 3.57. The normalized spacial score (nSPS) is 10.4. The number of hydrogen-bond donors (Lipinski definition) is 0. The van der Waals surface area contributed by atoms with Crippen molar-refractivity contribution in [3.8, 4) is 0 Å². The van der Waals surface area contributed by atoms with Crippen molar-refractivity contribution < 1.29 is 9.53 Å². The van der Waals surface area contributed by atoms with Gasteiger partial charge in [0.05, 0.1) is 12.2 Å². The number of hydrogen-bond acceptors (Lipinski definition) is 2. The third kappa shape index (κ3) is 4.41. The van der Waals surface area contributed by atoms with Gasteiger partial charge >= 0.3 is 5.97 Å². The van der Waals surface area contributed by atoms with E-state index < -0.39 is 0 Å². The topological polar surface area (TPSA) is 26.3 Å². The highest BCUT2D eigenvalue weighted by molar-refractivity contribution is 14.1. The Hall–Kier alpha value is 1.10. The second-order valence-electron chi connectivity index (χ2n) is 3.24. The fourth-order valence-electron chi connectivity index (χ4n) is 1.07. The van der Waals surface area contributed by atoms with Crippen molar-refractivity contribution in [3.63, 3.8) is 0 Å². The number of rotatable bonds is 4. The van der Waals surface area contributed by atoms with E-state index in [0.29, 0.717) is 12.2 Å². The molecule has 0 aliphatic carbocycles. The molecule has 0 N–H and O–H groups in total. The Bertz CT molecular complexity index is 396. The molecule has 0 unspecified atom stereocenters. The van der Waals surface area contributed by atoms with Gasteiger partial charge in [-0.25, -0.2) is 4.79 Å². The maximum atomic E-state index is 11.8. The Kier molecular flexibility index (Phi) is 7.12. The lowest BCUT2D eigenvalue weighted by atomic mass is 10.2. The third-order valence-corrected chi connectivity index (χ3v) is 6.38. The molecule has 1 rings (SSSR count). The smallest absolute Gasteiger partial charge is 0.339 e. The molecule has 0 atom stereocenters. The lowest BCUT2D eigenvalue weighted by Crippen LogP contribution is -2.09. The van der Waals surface area contributed by atoms with E-state index in [1.165, 1.54) is 19.9 Å². The first-order valence-corrected chi connectivity index (χ1v) is 9.53. The second kappa shape index (κ2) is 7.51. The molecule has 0 aromatic heterocycles. The Morgan fingerprint density at radius 2 is 1.81 bits per heavy atom. The Morgan fingerprint density at radius 1 is 1.19 bits per heavy atom. The largest absolute Gasteiger partial charge is 0.462 e. The molecule has 2 nitrogen and oxygen atoms in total. The van der Waals surface area contributed by atoms with Crippen LogP contribution in [0, 0.1) is 10.7 Å². The molecule has 0 aliphatic heterocycles. The van der Waals surface area contributed by atoms with Crippen molar-refractivity contribution in [1.82, 2.24) is 0 Å². The Labute approximate surface area is 139 Å². The molecule has 1 aromatic rings. The first-order valence-electron chi connectivity index (χ1n) is 4.88. The molecule has 0 saturated heterocycles. The molecular weight excluding hydrogens is 561 g/mol. The quantitative estimate of drug-likeness (QED) is 0.183. The van der Waals surface area contributed by atoms with Gasteiger partial charge in [-0.15, -0.1) is 0 Å². The highest BCUT2D eigenvalue weighted by Gasteiger charge is 2.13. The SMILES string of the molecule is O=C(OCCC[SiH3])c1cc(I)c(I)cc1I. The zero-order valence-electron chi connectivity index (χ0n) is 8.73. The van der Waals surface area contributed by atoms with Crippen molar-refractivity contribution >= 4 is 84.0 Å². The molecule has 0 aliphatic rings. The van der Waals surface area contributed by atoms with E-state index >= 15 is 0 Å². The van der Waals surface area contributed by atoms with Crippen molar-refractivity contribution in [2.75, 3.05) is 6.61 Å². The molecule has 0 amide bonds. The molecule has 0 saturated carbocycles. The van der Waals surface area contributed by atoms with Gasteiger partial charge in [0.1, 0.15) is 0 Å². The van der Waals surface area contributed by atoms with Crippen LogP contribution in [0.1, 0.15) is 16.8 Å². The minimum absolute atomic E-state index is 0.200. The number of benzene rings is 1. The van der Waals surface area contributed by atoms with E-state index in [-0.39, 0.29) is 5.97 Å². The molecule has 16 heavy (non-hydrogen) atoms. The highest BCUT2D eigenvalue weighted by atomic mass is 127. The molecule has 0 fully saturated rings. The molecule has 0 heterocycles. The minimum atomic E-state index is -0.200. The first kappa shape index (κ1) is 15.2. The lowest BCUT2D eigenvalue weighted by Gasteiger charge is -2.07. The van der Waals surface area contributed by atoms with E-state index in [1.54, 1.807) is 0 Å². The highest BCUT2D eigenvalue weighted by Crippen LogP contribution is 2.22. The monoisotopic (exact) mass is 572 g/mol. The first-order chi connectivity index (χ1) is 7.56. The summed E-state index contributed by atoms with van der Waals surface area (Å²) in [4.78, 5) is 11.8. The molecule has 0 bridgehead atoms. The number of carbonyl (C=O) groups is 1. The van der Waals surface area contributed by atoms with Crippen molar-refractivity contribution in [1.29, 1.82) is 0 Å². The van der Waals surface area contributed by atoms with Crippen LogP contribution in [-0.2, 0) is 4.74 Å². The summed E-state index contributed by atoms with van der Waals surface area (Å²) in [5.41, 5.74) is 0.679. The van der Waals surface area contributed by atoms with E-state index in [0.717, 1.165) is 13.6 Å². The van der Waals surface area contributed by atoms with Gasteiger partial charge < -0.3 is 4.74 Å². The van der Waals surface area contributed by atoms with Crippen LogP contribution in [0.25, 0.3) is 0 Å². The Balaban J connectivity index is 2.79. The zero-order valence-corrected chi connectivity index (χ0v) is 17.2. The average Bonchev–Trinajstić information content (AvgIpc) is 2.23. The maximum Gasteiger partial charge on any atom is 0.339 e. The standard InChI is InChI=1S/C10H11I3O2Si/c11-7-5-9(13)8(12)4-6(7)10(14)15-2-1-3-16/h4-5H,1-3H2,16H3. The van der Waals surface area contributed by atoms with Gasteiger partial charge in [-0.3, -0.25) is 0 Å². The van der Waals surface area contributed by atoms with Crippen LogP contribution in [0.5, 0.6) is 0 Å². The molecular formula is C10H11I3O2Si. The van der Waals surface area contributed by atoms with Gasteiger partial charge in [0.25, 0.3) is 0 Å². The zero-order chi connectivity index (χ0) is 12.1. The number of esters is 1. The molecule has 1 aromatic carbocycles. The predicted molar refractivity (Wildman–Crippen MR) is 94.2 cm³/mol. The van der Waals surface area contributed by atoms with Crippen LogP contribution in [0.2, 0.25) is 6.04 Å². The van der Waals surface area contributed by atoms with Gasteiger partial charge in [0, 0.05) is 21.0 Å². The summed E-state index contributed by atoms with van der Waals surface area (Å²) in [7, 11) is 1.17. The van der Waals surface area contributed by atoms with Gasteiger partial charge in [-0.2, -0.15) is 0 Å². The summed E-state index contributed by atoms with van der Waals surface area (Å²) in [6.45, 7) is 0.543. The second-order valence-corrected chi connectivity index (χ2v) is 7.72. The van der Waals surface area contributed by atoms with Crippen molar-refractivity contribution in [2.45, 2.75) is 12.5 Å². The van der Waals surface area contributed by atoms with E-state index in [2.05, 4.69) is 67.8 Å². The Morgan fingerprint density at radius 3 is 2.44 bits per heavy atom. The molecule has 6 heteroatoms.